The molecule has 0 atom stereocenters. The van der Waals surface area contributed by atoms with Crippen LogP contribution in [-0.2, 0) is 9.59 Å². The molecule has 3 amide bonds. The van der Waals surface area contributed by atoms with Gasteiger partial charge in [0.15, 0.2) is 0 Å². The van der Waals surface area contributed by atoms with E-state index in [9.17, 15) is 14.4 Å². The number of pyridine rings is 1. The number of carbonyl (C=O) groups is 3. The smallest absolute Gasteiger partial charge is 0.255 e. The molecule has 0 aliphatic heterocycles. The normalized spacial score (nSPS) is 27.1. The third kappa shape index (κ3) is 4.77. The minimum absolute atomic E-state index is 0.148. The minimum atomic E-state index is -0.242. The zero-order valence-corrected chi connectivity index (χ0v) is 18.7. The first-order valence-corrected chi connectivity index (χ1v) is 11.9. The Bertz CT molecular complexity index is 1020. The lowest BCUT2D eigenvalue weighted by Crippen LogP contribution is -2.53. The van der Waals surface area contributed by atoms with E-state index >= 15 is 0 Å². The summed E-state index contributed by atoms with van der Waals surface area (Å²) in [7, 11) is 0. The highest BCUT2D eigenvalue weighted by molar-refractivity contribution is 6.04. The molecule has 6 rings (SSSR count). The van der Waals surface area contributed by atoms with Crippen molar-refractivity contribution < 1.29 is 14.4 Å². The first kappa shape index (κ1) is 21.6. The Hall–Kier alpha value is -3.22. The molecule has 33 heavy (non-hydrogen) atoms. The van der Waals surface area contributed by atoms with E-state index in [1.807, 2.05) is 0 Å². The average Bonchev–Trinajstić information content (AvgIpc) is 2.79. The van der Waals surface area contributed by atoms with E-state index in [4.69, 9.17) is 0 Å². The predicted molar refractivity (Wildman–Crippen MR) is 125 cm³/mol. The number of nitrogens with zero attached hydrogens (tertiary/aromatic N) is 1. The van der Waals surface area contributed by atoms with Crippen molar-refractivity contribution in [3.05, 3.63) is 54.4 Å². The molecule has 1 heterocycles. The van der Waals surface area contributed by atoms with Gasteiger partial charge in [0.25, 0.3) is 5.91 Å². The second-order valence-electron chi connectivity index (χ2n) is 10.0. The summed E-state index contributed by atoms with van der Waals surface area (Å²) in [6.45, 7) is 0.338. The van der Waals surface area contributed by atoms with Gasteiger partial charge in [0.1, 0.15) is 0 Å². The molecule has 3 N–H and O–H groups in total. The molecule has 4 aliphatic rings. The summed E-state index contributed by atoms with van der Waals surface area (Å²) >= 11 is 0. The van der Waals surface area contributed by atoms with Crippen molar-refractivity contribution in [1.29, 1.82) is 0 Å². The van der Waals surface area contributed by atoms with Crippen molar-refractivity contribution >= 4 is 29.1 Å². The van der Waals surface area contributed by atoms with Crippen LogP contribution < -0.4 is 16.0 Å². The largest absolute Gasteiger partial charge is 0.355 e. The van der Waals surface area contributed by atoms with Gasteiger partial charge >= 0.3 is 0 Å². The number of benzene rings is 1. The molecule has 0 radical (unpaired) electrons. The van der Waals surface area contributed by atoms with Crippen molar-refractivity contribution in [2.75, 3.05) is 17.2 Å². The van der Waals surface area contributed by atoms with Crippen LogP contribution in [0, 0.1) is 23.2 Å². The Balaban J connectivity index is 1.10. The maximum Gasteiger partial charge on any atom is 0.255 e. The van der Waals surface area contributed by atoms with Gasteiger partial charge in [-0.1, -0.05) is 6.07 Å². The van der Waals surface area contributed by atoms with E-state index in [1.54, 1.807) is 48.8 Å². The van der Waals surface area contributed by atoms with Crippen LogP contribution in [0.4, 0.5) is 11.4 Å². The maximum atomic E-state index is 13.0. The van der Waals surface area contributed by atoms with Crippen LogP contribution in [0.1, 0.15) is 55.3 Å². The van der Waals surface area contributed by atoms with Gasteiger partial charge in [-0.3, -0.25) is 19.4 Å². The van der Waals surface area contributed by atoms with Gasteiger partial charge in [-0.2, -0.15) is 0 Å². The van der Waals surface area contributed by atoms with E-state index in [1.165, 1.54) is 19.3 Å². The van der Waals surface area contributed by atoms with Crippen molar-refractivity contribution in [2.45, 2.75) is 44.9 Å². The lowest BCUT2D eigenvalue weighted by Gasteiger charge is -2.55. The summed E-state index contributed by atoms with van der Waals surface area (Å²) in [5.74, 6) is 1.90. The van der Waals surface area contributed by atoms with Crippen LogP contribution >= 0.6 is 0 Å². The van der Waals surface area contributed by atoms with E-state index in [0.29, 0.717) is 23.5 Å². The van der Waals surface area contributed by atoms with Crippen LogP contribution in [0.25, 0.3) is 0 Å². The highest BCUT2D eigenvalue weighted by Crippen LogP contribution is 2.60. The summed E-state index contributed by atoms with van der Waals surface area (Å²) in [5, 5.41) is 8.72. The van der Waals surface area contributed by atoms with Gasteiger partial charge < -0.3 is 16.0 Å². The number of aromatic nitrogens is 1. The van der Waals surface area contributed by atoms with Crippen LogP contribution in [0.3, 0.4) is 0 Å². The number of amides is 3. The van der Waals surface area contributed by atoms with E-state index in [-0.39, 0.29) is 29.6 Å². The molecule has 7 nitrogen and oxygen atoms in total. The summed E-state index contributed by atoms with van der Waals surface area (Å²) in [4.78, 5) is 41.7. The molecule has 2 aromatic rings. The first-order chi connectivity index (χ1) is 16.0. The molecular weight excluding hydrogens is 416 g/mol. The van der Waals surface area contributed by atoms with Crippen molar-refractivity contribution in [3.8, 4) is 0 Å². The van der Waals surface area contributed by atoms with Crippen LogP contribution in [0.5, 0.6) is 0 Å². The summed E-state index contributed by atoms with van der Waals surface area (Å²) in [5.41, 5.74) is 1.51. The Morgan fingerprint density at radius 3 is 2.12 bits per heavy atom. The average molecular weight is 447 g/mol. The van der Waals surface area contributed by atoms with Gasteiger partial charge in [0, 0.05) is 47.7 Å². The second kappa shape index (κ2) is 8.96. The fraction of sp³-hybridized carbons (Fsp3) is 0.462. The maximum absolute atomic E-state index is 13.0. The predicted octanol–water partition coefficient (Wildman–Crippen LogP) is 4.00. The molecule has 4 saturated carbocycles. The third-order valence-corrected chi connectivity index (χ3v) is 7.50. The fourth-order valence-corrected chi connectivity index (χ4v) is 6.47. The van der Waals surface area contributed by atoms with Crippen LogP contribution in [0.2, 0.25) is 0 Å². The monoisotopic (exact) mass is 446 g/mol. The molecule has 1 aromatic heterocycles. The van der Waals surface area contributed by atoms with Crippen LogP contribution in [-0.4, -0.2) is 29.3 Å². The van der Waals surface area contributed by atoms with Gasteiger partial charge in [0.05, 0.1) is 0 Å². The Labute approximate surface area is 193 Å². The van der Waals surface area contributed by atoms with E-state index in [2.05, 4.69) is 20.9 Å². The zero-order chi connectivity index (χ0) is 22.8. The Morgan fingerprint density at radius 2 is 1.48 bits per heavy atom. The molecule has 172 valence electrons. The molecule has 0 spiro atoms. The summed E-state index contributed by atoms with van der Waals surface area (Å²) in [6, 6.07) is 10.3. The topological polar surface area (TPSA) is 100 Å². The number of anilines is 2. The highest BCUT2D eigenvalue weighted by atomic mass is 16.2. The number of hydrogen-bond donors (Lipinski definition) is 3. The van der Waals surface area contributed by atoms with Gasteiger partial charge in [-0.05, 0) is 86.6 Å². The molecule has 4 aliphatic carbocycles. The van der Waals surface area contributed by atoms with Gasteiger partial charge in [-0.25, -0.2) is 0 Å². The molecule has 7 heteroatoms. The van der Waals surface area contributed by atoms with E-state index in [0.717, 1.165) is 37.0 Å². The highest BCUT2D eigenvalue weighted by Gasteiger charge is 2.54. The number of rotatable bonds is 7. The quantitative estimate of drug-likeness (QED) is 0.599. The van der Waals surface area contributed by atoms with Crippen molar-refractivity contribution in [2.24, 2.45) is 23.2 Å². The SMILES string of the molecule is O=C(CCNC(=O)C12CC3CC(CC(C3)C1)C2)Nc1cccc(NC(=O)c2ccncc2)c1. The lowest BCUT2D eigenvalue weighted by molar-refractivity contribution is -0.146. The molecule has 0 unspecified atom stereocenters. The van der Waals surface area contributed by atoms with Crippen LogP contribution in [0.15, 0.2) is 48.8 Å². The molecule has 4 fully saturated rings. The van der Waals surface area contributed by atoms with Gasteiger partial charge in [0.2, 0.25) is 11.8 Å². The molecular formula is C26H30N4O3. The molecule has 4 bridgehead atoms. The molecule has 0 saturated heterocycles. The van der Waals surface area contributed by atoms with Crippen molar-refractivity contribution in [3.63, 3.8) is 0 Å². The van der Waals surface area contributed by atoms with Crippen molar-refractivity contribution in [1.82, 2.24) is 10.3 Å². The second-order valence-corrected chi connectivity index (χ2v) is 10.0. The number of hydrogen-bond acceptors (Lipinski definition) is 4. The summed E-state index contributed by atoms with van der Waals surface area (Å²) < 4.78 is 0. The minimum Gasteiger partial charge on any atom is -0.355 e. The number of carbonyl (C=O) groups excluding carboxylic acids is 3. The zero-order valence-electron chi connectivity index (χ0n) is 18.7. The molecule has 1 aromatic carbocycles. The van der Waals surface area contributed by atoms with E-state index < -0.39 is 0 Å². The third-order valence-electron chi connectivity index (χ3n) is 7.50. The Morgan fingerprint density at radius 1 is 0.879 bits per heavy atom. The lowest BCUT2D eigenvalue weighted by atomic mass is 9.49. The summed E-state index contributed by atoms with van der Waals surface area (Å²) in [6.07, 6.45) is 10.3. The first-order valence-electron chi connectivity index (χ1n) is 11.9. The fourth-order valence-electron chi connectivity index (χ4n) is 6.47. The standard InChI is InChI=1S/C26H30N4O3/c31-23(6-9-28-25(33)26-14-17-10-18(15-26)12-19(11-17)16-26)29-21-2-1-3-22(13-21)30-24(32)20-4-7-27-8-5-20/h1-5,7-8,13,17-19H,6,9-12,14-16H2,(H,28,33)(H,29,31)(H,30,32). The van der Waals surface area contributed by atoms with Gasteiger partial charge in [-0.15, -0.1) is 0 Å². The Kier molecular flexibility index (Phi) is 5.87. The number of nitrogens with one attached hydrogen (secondary N) is 3.